The van der Waals surface area contributed by atoms with Crippen LogP contribution in [-0.4, -0.2) is 19.7 Å². The molecule has 14 rings (SSSR count). The van der Waals surface area contributed by atoms with Gasteiger partial charge in [0.2, 0.25) is 0 Å². The van der Waals surface area contributed by atoms with E-state index in [0.717, 1.165) is 67.0 Å². The van der Waals surface area contributed by atoms with E-state index in [1.807, 2.05) is 55.5 Å². The Morgan fingerprint density at radius 3 is 1.63 bits per heavy atom. The zero-order valence-corrected chi connectivity index (χ0v) is 49.1. The largest absolute Gasteiger partial charge is 0.457 e. The fourth-order valence-electron chi connectivity index (χ4n) is 12.8. The Labute approximate surface area is 504 Å². The van der Waals surface area contributed by atoms with Crippen molar-refractivity contribution in [2.24, 2.45) is 0 Å². The summed E-state index contributed by atoms with van der Waals surface area (Å²) in [5.74, 6) is 1.73. The van der Waals surface area contributed by atoms with Gasteiger partial charge in [0.25, 0.3) is 0 Å². The predicted molar refractivity (Wildman–Crippen MR) is 352 cm³/mol. The minimum atomic E-state index is -3.14. The normalized spacial score (nSPS) is 15.5. The summed E-state index contributed by atoms with van der Waals surface area (Å²) in [6.07, 6.45) is 1.63. The molecule has 6 heteroatoms. The Morgan fingerprint density at radius 2 is 1.00 bits per heavy atom. The smallest absolute Gasteiger partial charge is 0.185 e. The van der Waals surface area contributed by atoms with Crippen molar-refractivity contribution in [3.8, 4) is 56.0 Å². The lowest BCUT2D eigenvalue weighted by atomic mass is 9.78. The summed E-state index contributed by atoms with van der Waals surface area (Å²) in [5, 5.41) is 4.94. The molecule has 4 heterocycles. The minimum Gasteiger partial charge on any atom is -0.457 e. The van der Waals surface area contributed by atoms with Gasteiger partial charge in [0.15, 0.2) is 8.07 Å². The first-order valence-corrected chi connectivity index (χ1v) is 30.4. The molecule has 3 aliphatic heterocycles. The van der Waals surface area contributed by atoms with Crippen LogP contribution in [0.5, 0.6) is 11.5 Å². The van der Waals surface area contributed by atoms with E-state index < -0.39 is 44.3 Å². The number of pyridine rings is 1. The highest BCUT2D eigenvalue weighted by Gasteiger charge is 2.54. The third-order valence-electron chi connectivity index (χ3n) is 16.9. The van der Waals surface area contributed by atoms with Gasteiger partial charge in [-0.05, 0) is 139 Å². The molecule has 0 radical (unpaired) electrons. The maximum Gasteiger partial charge on any atom is 0.185 e. The monoisotopic (exact) mass is 1100 g/mol. The molecule has 1 spiro atoms. The zero-order valence-electron chi connectivity index (χ0n) is 58.1. The highest BCUT2D eigenvalue weighted by molar-refractivity contribution is 7.23. The van der Waals surface area contributed by atoms with Crippen molar-refractivity contribution >= 4 is 68.8 Å². The van der Waals surface area contributed by atoms with Gasteiger partial charge in [-0.2, -0.15) is 0 Å². The van der Waals surface area contributed by atoms with Crippen LogP contribution in [0.1, 0.15) is 83.1 Å². The van der Waals surface area contributed by atoms with E-state index in [9.17, 15) is 2.74 Å². The highest BCUT2D eigenvalue weighted by Crippen LogP contribution is 2.52. The number of hydrogen-bond acceptors (Lipinski definition) is 5. The predicted octanol–water partition coefficient (Wildman–Crippen LogP) is 17.8. The van der Waals surface area contributed by atoms with Crippen LogP contribution in [-0.2, 0) is 10.8 Å². The van der Waals surface area contributed by atoms with Crippen molar-refractivity contribution in [2.45, 2.75) is 73.1 Å². The van der Waals surface area contributed by atoms with Crippen LogP contribution >= 0.6 is 0 Å². The Morgan fingerprint density at radius 1 is 0.446 bits per heavy atom. The summed E-state index contributed by atoms with van der Waals surface area (Å²) in [4.78, 5) is 11.8. The highest BCUT2D eigenvalue weighted by atomic mass is 28.3. The summed E-state index contributed by atoms with van der Waals surface area (Å²) in [6.45, 7) is 19.7. The quantitative estimate of drug-likeness (QED) is 0.142. The Balaban J connectivity index is 0.916. The fraction of sp³-hybridized carbons (Fsp3) is 0.156. The lowest BCUT2D eigenvalue weighted by Crippen LogP contribution is -2.75. The van der Waals surface area contributed by atoms with E-state index in [-0.39, 0.29) is 46.1 Å². The molecule has 0 fully saturated rings. The van der Waals surface area contributed by atoms with E-state index >= 15 is 0 Å². The SMILES string of the molecule is [2H]c1c([2H])c([2H])c(-c2cnc(N3c4ccccc4[Si]4(c5cc(C)ccc5-c5ccc(C)cc54)c4ccc(Oc5cccc(N6CN(c7c(-c8cc(C(C)(C)C)cc(C(C)(C)C)c8)cccc7-c7c([2H])c([2H])c([2H])c([2H])c7[2H])c7ccccc76)c5)cc43)cc2C)c([2H])c1[2H]. The topological polar surface area (TPSA) is 31.8 Å². The Kier molecular flexibility index (Phi) is 9.92. The van der Waals surface area contributed by atoms with Gasteiger partial charge in [-0.3, -0.25) is 4.90 Å². The van der Waals surface area contributed by atoms with Gasteiger partial charge in [-0.1, -0.05) is 228 Å². The summed E-state index contributed by atoms with van der Waals surface area (Å²) < 4.78 is 95.3. The van der Waals surface area contributed by atoms with Gasteiger partial charge >= 0.3 is 0 Å². The molecule has 11 aromatic rings. The maximum atomic E-state index is 9.37. The van der Waals surface area contributed by atoms with Gasteiger partial charge in [0, 0.05) is 46.4 Å². The molecule has 0 N–H and O–H groups in total. The maximum absolute atomic E-state index is 9.37. The third-order valence-corrected chi connectivity index (χ3v) is 21.8. The Bertz CT molecular complexity index is 4860. The second-order valence-corrected chi connectivity index (χ2v) is 28.0. The van der Waals surface area contributed by atoms with E-state index in [4.69, 9.17) is 20.7 Å². The van der Waals surface area contributed by atoms with Crippen molar-refractivity contribution in [1.29, 1.82) is 0 Å². The number of benzene rings is 10. The lowest BCUT2D eigenvalue weighted by Gasteiger charge is -2.43. The van der Waals surface area contributed by atoms with E-state index in [1.54, 1.807) is 6.20 Å². The Hall–Kier alpha value is -9.23. The van der Waals surface area contributed by atoms with Crippen LogP contribution in [0, 0.1) is 20.8 Å². The average molecular weight is 1100 g/mol. The van der Waals surface area contributed by atoms with Crippen LogP contribution in [0.3, 0.4) is 0 Å². The van der Waals surface area contributed by atoms with Crippen molar-refractivity contribution in [3.63, 3.8) is 0 Å². The molecule has 10 aromatic carbocycles. The first kappa shape index (κ1) is 41.7. The van der Waals surface area contributed by atoms with Gasteiger partial charge < -0.3 is 14.5 Å². The summed E-state index contributed by atoms with van der Waals surface area (Å²) in [5.41, 5.74) is 15.4. The molecule has 0 atom stereocenters. The summed E-state index contributed by atoms with van der Waals surface area (Å²) in [7, 11) is -3.14. The number of ether oxygens (including phenoxy) is 1. The number of aryl methyl sites for hydroxylation is 3. The molecule has 406 valence electrons. The standard InChI is InChI=1S/C77H68N4OSi/c1-50-34-37-63-64-38-35-51(2)41-73(64)83(72(63)40-50)70-33-19-18-32-68(70)81(74-42-52(3)65(48-78-74)54-24-14-11-15-25-54)69-47-60(36-39-71(69)83)82-59-27-20-26-58(46-59)79-49-80(67-31-17-16-30-66(67)79)75-61(53-22-12-10-13-23-53)28-21-29-62(75)55-43-56(76(4,5)6)45-57(44-55)77(7,8)9/h10-48H,49H2,1-9H3/i10D,11D,12D,13D,14D,15D,22D,23D,24D,25D. The summed E-state index contributed by atoms with van der Waals surface area (Å²) in [6, 6.07) is 55.8. The second kappa shape index (κ2) is 19.7. The molecule has 3 aliphatic rings. The molecular weight excluding hydrogens is 1020 g/mol. The van der Waals surface area contributed by atoms with Gasteiger partial charge in [-0.15, -0.1) is 0 Å². The molecule has 0 bridgehead atoms. The van der Waals surface area contributed by atoms with Crippen LogP contribution in [0.2, 0.25) is 0 Å². The number of rotatable bonds is 8. The van der Waals surface area contributed by atoms with Crippen molar-refractivity contribution in [2.75, 3.05) is 21.4 Å². The minimum absolute atomic E-state index is 0.0934. The molecule has 0 saturated heterocycles. The molecule has 0 amide bonds. The van der Waals surface area contributed by atoms with E-state index in [1.165, 1.54) is 26.7 Å². The number of fused-ring (bicyclic) bond motifs is 10. The number of para-hydroxylation sites is 4. The van der Waals surface area contributed by atoms with Gasteiger partial charge in [-0.25, -0.2) is 4.98 Å². The fourth-order valence-corrected chi connectivity index (χ4v) is 18.5. The average Bonchev–Trinajstić information content (AvgIpc) is 1.65. The molecule has 0 unspecified atom stereocenters. The van der Waals surface area contributed by atoms with Crippen LogP contribution in [0.4, 0.5) is 39.9 Å². The van der Waals surface area contributed by atoms with Crippen molar-refractivity contribution in [1.82, 2.24) is 4.98 Å². The molecular formula is C77H68N4OSi. The van der Waals surface area contributed by atoms with Crippen molar-refractivity contribution in [3.05, 3.63) is 264 Å². The van der Waals surface area contributed by atoms with E-state index in [2.05, 4.69) is 191 Å². The third kappa shape index (κ3) is 8.69. The second-order valence-electron chi connectivity index (χ2n) is 24.3. The lowest BCUT2D eigenvalue weighted by molar-refractivity contribution is 0.483. The first-order valence-electron chi connectivity index (χ1n) is 33.4. The number of anilines is 7. The number of aromatic nitrogens is 1. The van der Waals surface area contributed by atoms with Crippen LogP contribution in [0.25, 0.3) is 44.5 Å². The van der Waals surface area contributed by atoms with Crippen LogP contribution in [0.15, 0.2) is 236 Å². The number of hydrogen-bond donors (Lipinski definition) is 0. The molecule has 83 heavy (non-hydrogen) atoms. The van der Waals surface area contributed by atoms with Crippen LogP contribution < -0.4 is 40.2 Å². The molecule has 0 saturated carbocycles. The van der Waals surface area contributed by atoms with Gasteiger partial charge in [0.1, 0.15) is 24.0 Å². The number of nitrogens with zero attached hydrogens (tertiary/aromatic N) is 4. The molecule has 0 aliphatic carbocycles. The van der Waals surface area contributed by atoms with Gasteiger partial charge in [0.05, 0.1) is 36.5 Å². The summed E-state index contributed by atoms with van der Waals surface area (Å²) >= 11 is 0. The van der Waals surface area contributed by atoms with Crippen molar-refractivity contribution < 1.29 is 18.4 Å². The zero-order chi connectivity index (χ0) is 65.6. The molecule has 5 nitrogen and oxygen atoms in total. The first-order chi connectivity index (χ1) is 44.3. The van der Waals surface area contributed by atoms with E-state index in [0.29, 0.717) is 46.4 Å². The molecule has 1 aromatic heterocycles.